The lowest BCUT2D eigenvalue weighted by Gasteiger charge is -2.27. The summed E-state index contributed by atoms with van der Waals surface area (Å²) in [7, 11) is -2.22. The number of carbonyl (C=O) groups excluding carboxylic acids is 2. The van der Waals surface area contributed by atoms with Gasteiger partial charge in [-0.3, -0.25) is 9.59 Å². The summed E-state index contributed by atoms with van der Waals surface area (Å²) in [4.78, 5) is 27.0. The molecule has 0 atom stereocenters. The first-order valence-corrected chi connectivity index (χ1v) is 10.9. The molecule has 2 N–H and O–H groups in total. The number of thiophene rings is 1. The number of nitrogens with zero attached hydrogens (tertiary/aromatic N) is 1. The Labute approximate surface area is 162 Å². The van der Waals surface area contributed by atoms with Crippen LogP contribution in [-0.4, -0.2) is 45.3 Å². The zero-order chi connectivity index (χ0) is 19.4. The van der Waals surface area contributed by atoms with Crippen LogP contribution in [0.25, 0.3) is 0 Å². The van der Waals surface area contributed by atoms with Crippen molar-refractivity contribution >= 4 is 33.2 Å². The zero-order valence-electron chi connectivity index (χ0n) is 14.9. The highest BCUT2D eigenvalue weighted by Gasteiger charge is 2.22. The van der Waals surface area contributed by atoms with Crippen LogP contribution in [0.15, 0.2) is 40.6 Å². The van der Waals surface area contributed by atoms with E-state index >= 15 is 0 Å². The molecule has 0 saturated carbocycles. The molecule has 0 saturated heterocycles. The summed E-state index contributed by atoms with van der Waals surface area (Å²) < 4.78 is 27.1. The van der Waals surface area contributed by atoms with Crippen LogP contribution in [0.1, 0.15) is 27.2 Å². The minimum Gasteiger partial charge on any atom is -0.355 e. The van der Waals surface area contributed by atoms with Crippen molar-refractivity contribution < 1.29 is 18.0 Å². The fourth-order valence-electron chi connectivity index (χ4n) is 2.92. The van der Waals surface area contributed by atoms with E-state index in [1.54, 1.807) is 16.2 Å². The molecule has 2 amide bonds. The van der Waals surface area contributed by atoms with Gasteiger partial charge in [0, 0.05) is 43.5 Å². The number of nitrogens with one attached hydrogen (secondary N) is 2. The number of hydrogen-bond donors (Lipinski definition) is 2. The topological polar surface area (TPSA) is 95.6 Å². The molecule has 0 radical (unpaired) electrons. The van der Waals surface area contributed by atoms with E-state index < -0.39 is 10.0 Å². The SMILES string of the molecule is CNC(=O)c1ccc(S(=O)(=O)NCCC(=O)N2CCc3sccc3C2)cc1. The van der Waals surface area contributed by atoms with Gasteiger partial charge in [0.2, 0.25) is 15.9 Å². The third kappa shape index (κ3) is 4.55. The highest BCUT2D eigenvalue weighted by molar-refractivity contribution is 7.89. The highest BCUT2D eigenvalue weighted by atomic mass is 32.2. The van der Waals surface area contributed by atoms with Crippen LogP contribution in [-0.2, 0) is 27.8 Å². The molecule has 1 aliphatic rings. The zero-order valence-corrected chi connectivity index (χ0v) is 16.5. The normalized spacial score (nSPS) is 13.9. The number of sulfonamides is 1. The second-order valence-corrected chi connectivity index (χ2v) is 8.95. The third-order valence-electron chi connectivity index (χ3n) is 4.45. The summed E-state index contributed by atoms with van der Waals surface area (Å²) in [6.07, 6.45) is 0.956. The highest BCUT2D eigenvalue weighted by Crippen LogP contribution is 2.24. The Bertz CT molecular complexity index is 936. The standard InChI is InChI=1S/C18H21N3O4S2/c1-19-18(23)13-2-4-15(5-3-13)27(24,25)20-9-6-17(22)21-10-7-16-14(12-21)8-11-26-16/h2-5,8,11,20H,6-7,9-10,12H2,1H3,(H,19,23). The number of fused-ring (bicyclic) bond motifs is 1. The predicted molar refractivity (Wildman–Crippen MR) is 103 cm³/mol. The van der Waals surface area contributed by atoms with Crippen molar-refractivity contribution in [3.05, 3.63) is 51.7 Å². The number of rotatable bonds is 6. The number of carbonyl (C=O) groups is 2. The molecule has 1 aromatic carbocycles. The first-order chi connectivity index (χ1) is 12.9. The van der Waals surface area contributed by atoms with Crippen molar-refractivity contribution in [3.63, 3.8) is 0 Å². The maximum Gasteiger partial charge on any atom is 0.251 e. The molecule has 1 aromatic heterocycles. The van der Waals surface area contributed by atoms with Gasteiger partial charge < -0.3 is 10.2 Å². The molecule has 7 nitrogen and oxygen atoms in total. The third-order valence-corrected chi connectivity index (χ3v) is 6.95. The summed E-state index contributed by atoms with van der Waals surface area (Å²) in [6.45, 7) is 1.29. The average molecular weight is 408 g/mol. The van der Waals surface area contributed by atoms with Crippen LogP contribution in [0.4, 0.5) is 0 Å². The van der Waals surface area contributed by atoms with Gasteiger partial charge in [0.15, 0.2) is 0 Å². The van der Waals surface area contributed by atoms with E-state index in [1.807, 2.05) is 11.4 Å². The molecule has 144 valence electrons. The van der Waals surface area contributed by atoms with Gasteiger partial charge in [-0.25, -0.2) is 13.1 Å². The van der Waals surface area contributed by atoms with Crippen molar-refractivity contribution in [1.82, 2.24) is 14.9 Å². The van der Waals surface area contributed by atoms with E-state index in [2.05, 4.69) is 10.0 Å². The molecular weight excluding hydrogens is 386 g/mol. The second kappa shape index (κ2) is 8.20. The molecule has 0 spiro atoms. The van der Waals surface area contributed by atoms with E-state index in [4.69, 9.17) is 0 Å². The summed E-state index contributed by atoms with van der Waals surface area (Å²) in [5, 5.41) is 4.51. The molecule has 1 aliphatic heterocycles. The van der Waals surface area contributed by atoms with Gasteiger partial charge in [0.1, 0.15) is 0 Å². The summed E-state index contributed by atoms with van der Waals surface area (Å²) >= 11 is 1.71. The van der Waals surface area contributed by atoms with Crippen molar-refractivity contribution in [2.75, 3.05) is 20.1 Å². The van der Waals surface area contributed by atoms with Crippen LogP contribution in [0.5, 0.6) is 0 Å². The molecule has 2 heterocycles. The number of amides is 2. The average Bonchev–Trinajstić information content (AvgIpc) is 3.15. The van der Waals surface area contributed by atoms with E-state index in [-0.39, 0.29) is 29.7 Å². The molecule has 0 bridgehead atoms. The van der Waals surface area contributed by atoms with Gasteiger partial charge in [-0.1, -0.05) is 0 Å². The van der Waals surface area contributed by atoms with Gasteiger partial charge in [0.05, 0.1) is 4.90 Å². The van der Waals surface area contributed by atoms with Crippen LogP contribution in [0.2, 0.25) is 0 Å². The second-order valence-electron chi connectivity index (χ2n) is 6.19. The maximum absolute atomic E-state index is 12.4. The van der Waals surface area contributed by atoms with Crippen LogP contribution >= 0.6 is 11.3 Å². The molecule has 3 rings (SSSR count). The molecule has 0 unspecified atom stereocenters. The van der Waals surface area contributed by atoms with E-state index in [1.165, 1.54) is 41.8 Å². The fourth-order valence-corrected chi connectivity index (χ4v) is 4.85. The Hall–Kier alpha value is -2.23. The van der Waals surface area contributed by atoms with Crippen molar-refractivity contribution in [1.29, 1.82) is 0 Å². The minimum absolute atomic E-state index is 0.0331. The van der Waals surface area contributed by atoms with Gasteiger partial charge in [-0.2, -0.15) is 0 Å². The van der Waals surface area contributed by atoms with Gasteiger partial charge in [-0.15, -0.1) is 11.3 Å². The monoisotopic (exact) mass is 407 g/mol. The van der Waals surface area contributed by atoms with E-state index in [9.17, 15) is 18.0 Å². The largest absolute Gasteiger partial charge is 0.355 e. The lowest BCUT2D eigenvalue weighted by molar-refractivity contribution is -0.131. The minimum atomic E-state index is -3.73. The van der Waals surface area contributed by atoms with Crippen LogP contribution < -0.4 is 10.0 Å². The Morgan fingerprint density at radius 3 is 2.63 bits per heavy atom. The molecule has 2 aromatic rings. The van der Waals surface area contributed by atoms with E-state index in [0.717, 1.165) is 6.42 Å². The van der Waals surface area contributed by atoms with Crippen LogP contribution in [0.3, 0.4) is 0 Å². The molecular formula is C18H21N3O4S2. The molecule has 9 heteroatoms. The quantitative estimate of drug-likeness (QED) is 0.756. The lowest BCUT2D eigenvalue weighted by Crippen LogP contribution is -2.37. The van der Waals surface area contributed by atoms with E-state index in [0.29, 0.717) is 18.7 Å². The Morgan fingerprint density at radius 2 is 1.93 bits per heavy atom. The summed E-state index contributed by atoms with van der Waals surface area (Å²) in [5.74, 6) is -0.350. The van der Waals surface area contributed by atoms with Gasteiger partial charge >= 0.3 is 0 Å². The first kappa shape index (κ1) is 19.5. The lowest BCUT2D eigenvalue weighted by atomic mass is 10.1. The Morgan fingerprint density at radius 1 is 1.19 bits per heavy atom. The van der Waals surface area contributed by atoms with Crippen LogP contribution in [0, 0.1) is 0 Å². The number of benzene rings is 1. The Balaban J connectivity index is 1.53. The smallest absolute Gasteiger partial charge is 0.251 e. The molecule has 0 aliphatic carbocycles. The van der Waals surface area contributed by atoms with Crippen molar-refractivity contribution in [2.24, 2.45) is 0 Å². The Kier molecular flexibility index (Phi) is 5.93. The first-order valence-electron chi connectivity index (χ1n) is 8.55. The predicted octanol–water partition coefficient (Wildman–Crippen LogP) is 1.36. The van der Waals surface area contributed by atoms with Crippen molar-refractivity contribution in [3.8, 4) is 0 Å². The fraction of sp³-hybridized carbons (Fsp3) is 0.333. The summed E-state index contributed by atoms with van der Waals surface area (Å²) in [6, 6.07) is 7.68. The maximum atomic E-state index is 12.4. The summed E-state index contributed by atoms with van der Waals surface area (Å²) in [5.41, 5.74) is 1.56. The van der Waals surface area contributed by atoms with Gasteiger partial charge in [0.25, 0.3) is 5.91 Å². The molecule has 27 heavy (non-hydrogen) atoms. The van der Waals surface area contributed by atoms with Gasteiger partial charge in [-0.05, 0) is 47.7 Å². The van der Waals surface area contributed by atoms with Crippen molar-refractivity contribution in [2.45, 2.75) is 24.3 Å². The number of hydrogen-bond acceptors (Lipinski definition) is 5. The molecule has 0 fully saturated rings.